The maximum Gasteiger partial charge on any atom is 0.123 e. The molecule has 1 unspecified atom stereocenters. The fourth-order valence-electron chi connectivity index (χ4n) is 1.96. The maximum atomic E-state index is 13.3. The van der Waals surface area contributed by atoms with Gasteiger partial charge < -0.3 is 0 Å². The number of hydrogen-bond acceptors (Lipinski definition) is 2. The molecule has 96 valence electrons. The van der Waals surface area contributed by atoms with E-state index in [2.05, 4.69) is 11.4 Å². The van der Waals surface area contributed by atoms with Crippen molar-refractivity contribution in [2.75, 3.05) is 0 Å². The summed E-state index contributed by atoms with van der Waals surface area (Å²) in [6, 6.07) is 16.0. The Morgan fingerprint density at radius 2 is 1.95 bits per heavy atom. The third-order valence-corrected chi connectivity index (χ3v) is 3.03. The van der Waals surface area contributed by atoms with Gasteiger partial charge in [0.05, 0.1) is 6.07 Å². The van der Waals surface area contributed by atoms with E-state index in [0.29, 0.717) is 12.1 Å². The number of aryl methyl sites for hydroxylation is 1. The molecule has 0 aromatic heterocycles. The molecule has 2 nitrogen and oxygen atoms in total. The van der Waals surface area contributed by atoms with Crippen LogP contribution in [0.15, 0.2) is 48.5 Å². The van der Waals surface area contributed by atoms with Gasteiger partial charge in [-0.2, -0.15) is 5.26 Å². The van der Waals surface area contributed by atoms with Crippen molar-refractivity contribution in [3.8, 4) is 6.07 Å². The molecule has 0 aliphatic carbocycles. The summed E-state index contributed by atoms with van der Waals surface area (Å²) in [5.74, 6) is -0.317. The molecule has 2 rings (SSSR count). The molecular weight excluding hydrogens is 239 g/mol. The molecule has 2 aromatic rings. The van der Waals surface area contributed by atoms with Crippen LogP contribution >= 0.6 is 0 Å². The Bertz CT molecular complexity index is 587. The van der Waals surface area contributed by atoms with Crippen molar-refractivity contribution in [2.24, 2.45) is 0 Å². The normalized spacial score (nSPS) is 11.8. The summed E-state index contributed by atoms with van der Waals surface area (Å²) in [5, 5.41) is 12.4. The first-order valence-corrected chi connectivity index (χ1v) is 6.13. The third kappa shape index (κ3) is 3.40. The van der Waals surface area contributed by atoms with Gasteiger partial charge in [-0.1, -0.05) is 36.4 Å². The van der Waals surface area contributed by atoms with Gasteiger partial charge >= 0.3 is 0 Å². The SMILES string of the molecule is Cc1ccc(F)cc1C(C#N)NCc1ccccc1. The van der Waals surface area contributed by atoms with Crippen molar-refractivity contribution >= 4 is 0 Å². The Hall–Kier alpha value is -2.18. The first-order valence-electron chi connectivity index (χ1n) is 6.13. The van der Waals surface area contributed by atoms with Crippen molar-refractivity contribution < 1.29 is 4.39 Å². The molecule has 0 aliphatic rings. The van der Waals surface area contributed by atoms with Crippen molar-refractivity contribution in [3.63, 3.8) is 0 Å². The molecule has 1 atom stereocenters. The van der Waals surface area contributed by atoms with E-state index in [1.165, 1.54) is 12.1 Å². The van der Waals surface area contributed by atoms with Gasteiger partial charge in [-0.15, -0.1) is 0 Å². The van der Waals surface area contributed by atoms with Gasteiger partial charge in [-0.3, -0.25) is 5.32 Å². The van der Waals surface area contributed by atoms with Gasteiger partial charge in [0.25, 0.3) is 0 Å². The standard InChI is InChI=1S/C16H15FN2/c1-12-7-8-14(17)9-15(12)16(10-18)19-11-13-5-3-2-4-6-13/h2-9,16,19H,11H2,1H3. The van der Waals surface area contributed by atoms with Gasteiger partial charge in [-0.25, -0.2) is 4.39 Å². The minimum atomic E-state index is -0.504. The predicted octanol–water partition coefficient (Wildman–Crippen LogP) is 3.49. The van der Waals surface area contributed by atoms with Crippen LogP contribution in [0.25, 0.3) is 0 Å². The average molecular weight is 254 g/mol. The molecule has 19 heavy (non-hydrogen) atoms. The number of benzene rings is 2. The predicted molar refractivity (Wildman–Crippen MR) is 72.8 cm³/mol. The van der Waals surface area contributed by atoms with E-state index in [4.69, 9.17) is 0 Å². The lowest BCUT2D eigenvalue weighted by Crippen LogP contribution is -2.20. The van der Waals surface area contributed by atoms with E-state index in [-0.39, 0.29) is 5.82 Å². The monoisotopic (exact) mass is 254 g/mol. The second-order valence-corrected chi connectivity index (χ2v) is 4.43. The fourth-order valence-corrected chi connectivity index (χ4v) is 1.96. The Morgan fingerprint density at radius 3 is 2.63 bits per heavy atom. The molecule has 0 spiro atoms. The van der Waals surface area contributed by atoms with Gasteiger partial charge in [0.1, 0.15) is 11.9 Å². The number of halogens is 1. The number of hydrogen-bond donors (Lipinski definition) is 1. The van der Waals surface area contributed by atoms with Crippen LogP contribution < -0.4 is 5.32 Å². The van der Waals surface area contributed by atoms with E-state index >= 15 is 0 Å². The van der Waals surface area contributed by atoms with E-state index in [9.17, 15) is 9.65 Å². The summed E-state index contributed by atoms with van der Waals surface area (Å²) in [6.07, 6.45) is 0. The van der Waals surface area contributed by atoms with Crippen molar-refractivity contribution in [1.29, 1.82) is 5.26 Å². The zero-order valence-corrected chi connectivity index (χ0v) is 10.7. The van der Waals surface area contributed by atoms with E-state index in [1.807, 2.05) is 37.3 Å². The van der Waals surface area contributed by atoms with E-state index in [0.717, 1.165) is 11.1 Å². The van der Waals surface area contributed by atoms with Crippen LogP contribution in [0.3, 0.4) is 0 Å². The number of nitriles is 1. The minimum Gasteiger partial charge on any atom is -0.294 e. The zero-order chi connectivity index (χ0) is 13.7. The lowest BCUT2D eigenvalue weighted by atomic mass is 10.0. The first kappa shape index (κ1) is 13.3. The Balaban J connectivity index is 2.13. The molecule has 0 fully saturated rings. The van der Waals surface area contributed by atoms with Crippen molar-refractivity contribution in [3.05, 3.63) is 71.0 Å². The summed E-state index contributed by atoms with van der Waals surface area (Å²) in [6.45, 7) is 2.46. The van der Waals surface area contributed by atoms with Crippen LogP contribution in [-0.2, 0) is 6.54 Å². The molecule has 0 heterocycles. The van der Waals surface area contributed by atoms with Crippen LogP contribution in [0.2, 0.25) is 0 Å². The number of rotatable bonds is 4. The van der Waals surface area contributed by atoms with Crippen molar-refractivity contribution in [1.82, 2.24) is 5.32 Å². The summed E-state index contributed by atoms with van der Waals surface area (Å²) >= 11 is 0. The Morgan fingerprint density at radius 1 is 1.21 bits per heavy atom. The molecule has 0 radical (unpaired) electrons. The second-order valence-electron chi connectivity index (χ2n) is 4.43. The van der Waals surface area contributed by atoms with Crippen LogP contribution in [0.4, 0.5) is 4.39 Å². The quantitative estimate of drug-likeness (QED) is 0.906. The summed E-state index contributed by atoms with van der Waals surface area (Å²) in [7, 11) is 0. The van der Waals surface area contributed by atoms with Gasteiger partial charge in [-0.05, 0) is 35.7 Å². The molecular formula is C16H15FN2. The van der Waals surface area contributed by atoms with Crippen LogP contribution in [0.1, 0.15) is 22.7 Å². The van der Waals surface area contributed by atoms with E-state index in [1.54, 1.807) is 6.07 Å². The number of nitrogens with zero attached hydrogens (tertiary/aromatic N) is 1. The fraction of sp³-hybridized carbons (Fsp3) is 0.188. The average Bonchev–Trinajstić information content (AvgIpc) is 2.44. The largest absolute Gasteiger partial charge is 0.294 e. The molecule has 0 aliphatic heterocycles. The summed E-state index contributed by atoms with van der Waals surface area (Å²) in [5.41, 5.74) is 2.70. The van der Waals surface area contributed by atoms with Crippen LogP contribution in [0.5, 0.6) is 0 Å². The molecule has 1 N–H and O–H groups in total. The molecule has 0 saturated heterocycles. The number of nitrogens with one attached hydrogen (secondary N) is 1. The van der Waals surface area contributed by atoms with Crippen LogP contribution in [0, 0.1) is 24.1 Å². The highest BCUT2D eigenvalue weighted by molar-refractivity contribution is 5.33. The zero-order valence-electron chi connectivity index (χ0n) is 10.7. The van der Waals surface area contributed by atoms with Gasteiger partial charge in [0, 0.05) is 6.54 Å². The Kier molecular flexibility index (Phi) is 4.27. The Labute approximate surface area is 112 Å². The highest BCUT2D eigenvalue weighted by Gasteiger charge is 2.13. The van der Waals surface area contributed by atoms with Crippen LogP contribution in [-0.4, -0.2) is 0 Å². The van der Waals surface area contributed by atoms with Gasteiger partial charge in [0.2, 0.25) is 0 Å². The molecule has 0 saturated carbocycles. The summed E-state index contributed by atoms with van der Waals surface area (Å²) < 4.78 is 13.3. The molecule has 2 aromatic carbocycles. The highest BCUT2D eigenvalue weighted by atomic mass is 19.1. The maximum absolute atomic E-state index is 13.3. The molecule has 0 bridgehead atoms. The molecule has 3 heteroatoms. The highest BCUT2D eigenvalue weighted by Crippen LogP contribution is 2.19. The molecule has 0 amide bonds. The first-order chi connectivity index (χ1) is 9.20. The second kappa shape index (κ2) is 6.12. The van der Waals surface area contributed by atoms with Crippen molar-refractivity contribution in [2.45, 2.75) is 19.5 Å². The minimum absolute atomic E-state index is 0.317. The summed E-state index contributed by atoms with van der Waals surface area (Å²) in [4.78, 5) is 0. The lowest BCUT2D eigenvalue weighted by Gasteiger charge is -2.14. The topological polar surface area (TPSA) is 35.8 Å². The lowest BCUT2D eigenvalue weighted by molar-refractivity contribution is 0.602. The van der Waals surface area contributed by atoms with E-state index < -0.39 is 6.04 Å². The smallest absolute Gasteiger partial charge is 0.123 e. The van der Waals surface area contributed by atoms with Gasteiger partial charge in [0.15, 0.2) is 0 Å². The third-order valence-electron chi connectivity index (χ3n) is 3.03.